The summed E-state index contributed by atoms with van der Waals surface area (Å²) >= 11 is 0. The average molecular weight is 244 g/mol. The molecule has 5 heteroatoms. The summed E-state index contributed by atoms with van der Waals surface area (Å²) in [5.41, 5.74) is 6.61. The van der Waals surface area contributed by atoms with Crippen molar-refractivity contribution in [1.82, 2.24) is 14.8 Å². The lowest BCUT2D eigenvalue weighted by atomic mass is 9.98. The first kappa shape index (κ1) is 11.2. The van der Waals surface area contributed by atoms with Gasteiger partial charge < -0.3 is 15.4 Å². The molecule has 0 aliphatic carbocycles. The summed E-state index contributed by atoms with van der Waals surface area (Å²) in [6, 6.07) is 7.12. The number of benzene rings is 1. The Bertz CT molecular complexity index is 564. The third kappa shape index (κ3) is 1.86. The van der Waals surface area contributed by atoms with Gasteiger partial charge in [0.1, 0.15) is 11.6 Å². The molecule has 1 aromatic carbocycles. The summed E-state index contributed by atoms with van der Waals surface area (Å²) < 4.78 is 2.13. The summed E-state index contributed by atoms with van der Waals surface area (Å²) in [5.74, 6) is 2.59. The van der Waals surface area contributed by atoms with Crippen LogP contribution in [0.3, 0.4) is 0 Å². The van der Waals surface area contributed by atoms with Gasteiger partial charge in [0.05, 0.1) is 0 Å². The number of hydrogen-bond donors (Lipinski definition) is 2. The molecular formula is C13H16N4O. The Kier molecular flexibility index (Phi) is 2.76. The second kappa shape index (κ2) is 4.42. The van der Waals surface area contributed by atoms with Crippen LogP contribution in [0, 0.1) is 5.92 Å². The first-order chi connectivity index (χ1) is 8.78. The standard InChI is InChI=1S/C13H16N4O/c14-8-9-4-5-17-12(6-9)15-16-13(17)10-2-1-3-11(18)7-10/h1-3,7,9,18H,4-6,8,14H2. The van der Waals surface area contributed by atoms with Crippen LogP contribution in [0.1, 0.15) is 12.2 Å². The summed E-state index contributed by atoms with van der Waals surface area (Å²) in [4.78, 5) is 0. The van der Waals surface area contributed by atoms with E-state index < -0.39 is 0 Å². The maximum absolute atomic E-state index is 9.52. The van der Waals surface area contributed by atoms with Gasteiger partial charge in [0.2, 0.25) is 0 Å². The van der Waals surface area contributed by atoms with E-state index in [2.05, 4.69) is 14.8 Å². The minimum atomic E-state index is 0.250. The molecule has 94 valence electrons. The minimum absolute atomic E-state index is 0.250. The smallest absolute Gasteiger partial charge is 0.164 e. The predicted molar refractivity (Wildman–Crippen MR) is 68.0 cm³/mol. The number of phenols is 1. The topological polar surface area (TPSA) is 77.0 Å². The number of aromatic nitrogens is 3. The van der Waals surface area contributed by atoms with Crippen molar-refractivity contribution in [2.45, 2.75) is 19.4 Å². The van der Waals surface area contributed by atoms with Crippen LogP contribution in [0.5, 0.6) is 5.75 Å². The number of rotatable bonds is 2. The van der Waals surface area contributed by atoms with Crippen LogP contribution < -0.4 is 5.73 Å². The summed E-state index contributed by atoms with van der Waals surface area (Å²) in [5, 5.41) is 18.0. The fourth-order valence-corrected chi connectivity index (χ4v) is 2.45. The molecule has 3 N–H and O–H groups in total. The molecule has 1 unspecified atom stereocenters. The second-order valence-electron chi connectivity index (χ2n) is 4.74. The van der Waals surface area contributed by atoms with Crippen LogP contribution in [-0.2, 0) is 13.0 Å². The van der Waals surface area contributed by atoms with Crippen molar-refractivity contribution >= 4 is 0 Å². The van der Waals surface area contributed by atoms with Crippen LogP contribution in [0.15, 0.2) is 24.3 Å². The van der Waals surface area contributed by atoms with E-state index in [9.17, 15) is 5.11 Å². The van der Waals surface area contributed by atoms with Crippen molar-refractivity contribution < 1.29 is 5.11 Å². The molecule has 1 aliphatic rings. The molecular weight excluding hydrogens is 228 g/mol. The van der Waals surface area contributed by atoms with Gasteiger partial charge in [-0.05, 0) is 31.0 Å². The molecule has 3 rings (SSSR count). The van der Waals surface area contributed by atoms with Crippen molar-refractivity contribution in [2.75, 3.05) is 6.54 Å². The highest BCUT2D eigenvalue weighted by atomic mass is 16.3. The highest BCUT2D eigenvalue weighted by Gasteiger charge is 2.22. The van der Waals surface area contributed by atoms with Crippen molar-refractivity contribution in [3.8, 4) is 17.1 Å². The van der Waals surface area contributed by atoms with E-state index in [0.29, 0.717) is 12.5 Å². The van der Waals surface area contributed by atoms with E-state index in [0.717, 1.165) is 36.6 Å². The lowest BCUT2D eigenvalue weighted by molar-refractivity contribution is 0.391. The maximum atomic E-state index is 9.52. The van der Waals surface area contributed by atoms with E-state index in [1.807, 2.05) is 12.1 Å². The van der Waals surface area contributed by atoms with Gasteiger partial charge in [-0.3, -0.25) is 0 Å². The predicted octanol–water partition coefficient (Wildman–Crippen LogP) is 1.17. The van der Waals surface area contributed by atoms with E-state index in [1.54, 1.807) is 12.1 Å². The fourth-order valence-electron chi connectivity index (χ4n) is 2.45. The number of hydrogen-bond acceptors (Lipinski definition) is 4. The average Bonchev–Trinajstić information content (AvgIpc) is 2.81. The van der Waals surface area contributed by atoms with E-state index >= 15 is 0 Å². The third-order valence-electron chi connectivity index (χ3n) is 3.50. The number of nitrogens with two attached hydrogens (primary N) is 1. The number of fused-ring (bicyclic) bond motifs is 1. The van der Waals surface area contributed by atoms with Gasteiger partial charge in [0.25, 0.3) is 0 Å². The van der Waals surface area contributed by atoms with Gasteiger partial charge in [0, 0.05) is 18.5 Å². The summed E-state index contributed by atoms with van der Waals surface area (Å²) in [7, 11) is 0. The Hall–Kier alpha value is -1.88. The number of phenolic OH excluding ortho intramolecular Hbond substituents is 1. The SMILES string of the molecule is NCC1CCn2c(nnc2-c2cccc(O)c2)C1. The van der Waals surface area contributed by atoms with Crippen molar-refractivity contribution in [1.29, 1.82) is 0 Å². The lowest BCUT2D eigenvalue weighted by Crippen LogP contribution is -2.25. The molecule has 18 heavy (non-hydrogen) atoms. The monoisotopic (exact) mass is 244 g/mol. The first-order valence-corrected chi connectivity index (χ1v) is 6.19. The van der Waals surface area contributed by atoms with Gasteiger partial charge in [0.15, 0.2) is 5.82 Å². The lowest BCUT2D eigenvalue weighted by Gasteiger charge is -2.22. The maximum Gasteiger partial charge on any atom is 0.164 e. The Labute approximate surface area is 105 Å². The zero-order valence-electron chi connectivity index (χ0n) is 10.1. The fraction of sp³-hybridized carbons (Fsp3) is 0.385. The molecule has 2 heterocycles. The Morgan fingerprint density at radius 2 is 2.28 bits per heavy atom. The van der Waals surface area contributed by atoms with Crippen LogP contribution in [0.2, 0.25) is 0 Å². The van der Waals surface area contributed by atoms with Gasteiger partial charge in [-0.15, -0.1) is 10.2 Å². The van der Waals surface area contributed by atoms with Gasteiger partial charge in [-0.2, -0.15) is 0 Å². The van der Waals surface area contributed by atoms with Crippen LogP contribution in [0.4, 0.5) is 0 Å². The Balaban J connectivity index is 1.98. The van der Waals surface area contributed by atoms with Gasteiger partial charge >= 0.3 is 0 Å². The zero-order valence-corrected chi connectivity index (χ0v) is 10.1. The van der Waals surface area contributed by atoms with Crippen LogP contribution in [0.25, 0.3) is 11.4 Å². The van der Waals surface area contributed by atoms with E-state index in [4.69, 9.17) is 5.73 Å². The molecule has 1 atom stereocenters. The first-order valence-electron chi connectivity index (χ1n) is 6.19. The molecule has 5 nitrogen and oxygen atoms in total. The van der Waals surface area contributed by atoms with Crippen LogP contribution >= 0.6 is 0 Å². The highest BCUT2D eigenvalue weighted by molar-refractivity contribution is 5.57. The van der Waals surface area contributed by atoms with Crippen molar-refractivity contribution in [2.24, 2.45) is 11.7 Å². The normalized spacial score (nSPS) is 18.6. The van der Waals surface area contributed by atoms with Crippen molar-refractivity contribution in [3.05, 3.63) is 30.1 Å². The quantitative estimate of drug-likeness (QED) is 0.831. The Morgan fingerprint density at radius 3 is 3.06 bits per heavy atom. The summed E-state index contributed by atoms with van der Waals surface area (Å²) in [6.45, 7) is 1.60. The van der Waals surface area contributed by atoms with Crippen LogP contribution in [-0.4, -0.2) is 26.4 Å². The second-order valence-corrected chi connectivity index (χ2v) is 4.74. The molecule has 0 amide bonds. The molecule has 0 fully saturated rings. The largest absolute Gasteiger partial charge is 0.508 e. The molecule has 1 aliphatic heterocycles. The van der Waals surface area contributed by atoms with E-state index in [1.165, 1.54) is 0 Å². The third-order valence-corrected chi connectivity index (χ3v) is 3.50. The number of nitrogens with zero attached hydrogens (tertiary/aromatic N) is 3. The van der Waals surface area contributed by atoms with Gasteiger partial charge in [-0.25, -0.2) is 0 Å². The Morgan fingerprint density at radius 1 is 1.39 bits per heavy atom. The van der Waals surface area contributed by atoms with E-state index in [-0.39, 0.29) is 5.75 Å². The molecule has 0 spiro atoms. The molecule has 0 saturated carbocycles. The highest BCUT2D eigenvalue weighted by Crippen LogP contribution is 2.26. The number of aromatic hydroxyl groups is 1. The minimum Gasteiger partial charge on any atom is -0.508 e. The molecule has 0 bridgehead atoms. The molecule has 0 saturated heterocycles. The van der Waals surface area contributed by atoms with Gasteiger partial charge in [-0.1, -0.05) is 12.1 Å². The summed E-state index contributed by atoms with van der Waals surface area (Å²) in [6.07, 6.45) is 1.95. The molecule has 1 aromatic heterocycles. The van der Waals surface area contributed by atoms with Crippen molar-refractivity contribution in [3.63, 3.8) is 0 Å². The zero-order chi connectivity index (χ0) is 12.5. The molecule has 2 aromatic rings. The molecule has 0 radical (unpaired) electrons.